The highest BCUT2D eigenvalue weighted by Gasteiger charge is 2.18. The highest BCUT2D eigenvalue weighted by Crippen LogP contribution is 2.29. The zero-order valence-electron chi connectivity index (χ0n) is 16.0. The third-order valence-corrected chi connectivity index (χ3v) is 6.09. The number of nitrogens with two attached hydrogens (primary N) is 1. The maximum atomic E-state index is 12.4. The van der Waals surface area contributed by atoms with Gasteiger partial charge < -0.3 is 11.1 Å². The highest BCUT2D eigenvalue weighted by atomic mass is 32.1. The number of pyridine rings is 1. The molecule has 4 rings (SSSR count). The van der Waals surface area contributed by atoms with Crippen LogP contribution < -0.4 is 16.6 Å². The lowest BCUT2D eigenvalue weighted by atomic mass is 9.89. The van der Waals surface area contributed by atoms with Crippen molar-refractivity contribution in [1.29, 1.82) is 0 Å². The van der Waals surface area contributed by atoms with E-state index >= 15 is 0 Å². The monoisotopic (exact) mass is 395 g/mol. The summed E-state index contributed by atoms with van der Waals surface area (Å²) in [6, 6.07) is 9.92. The van der Waals surface area contributed by atoms with Gasteiger partial charge >= 0.3 is 0 Å². The standard InChI is InChI=1S/C21H25N5OS/c1-13-11-17(15-9-5-6-10-16(15)24-13)25-21-18(20(27)26-28-21)19(22)23-12-14-7-3-2-4-8-14/h5-6,9-11,14H,2-4,7-8,12H2,1H3,(H2,22,23)(H,24,25)(H,26,27). The largest absolute Gasteiger partial charge is 0.383 e. The van der Waals surface area contributed by atoms with Gasteiger partial charge in [-0.05, 0) is 49.3 Å². The lowest BCUT2D eigenvalue weighted by Crippen LogP contribution is -2.23. The molecule has 0 atom stereocenters. The fourth-order valence-electron chi connectivity index (χ4n) is 3.83. The van der Waals surface area contributed by atoms with Crippen LogP contribution in [0.5, 0.6) is 0 Å². The molecule has 0 aliphatic heterocycles. The molecule has 0 saturated heterocycles. The Bertz CT molecular complexity index is 1060. The highest BCUT2D eigenvalue weighted by molar-refractivity contribution is 7.10. The van der Waals surface area contributed by atoms with Crippen LogP contribution in [0.1, 0.15) is 43.4 Å². The molecule has 1 aromatic carbocycles. The Kier molecular flexibility index (Phi) is 5.43. The van der Waals surface area contributed by atoms with Crippen molar-refractivity contribution >= 4 is 39.0 Å². The van der Waals surface area contributed by atoms with Crippen molar-refractivity contribution in [3.05, 3.63) is 51.9 Å². The number of H-pyrrole nitrogens is 1. The van der Waals surface area contributed by atoms with Gasteiger partial charge in [-0.15, -0.1) is 0 Å². The Morgan fingerprint density at radius 1 is 1.32 bits per heavy atom. The average Bonchev–Trinajstić information content (AvgIpc) is 3.07. The fourth-order valence-corrected chi connectivity index (χ4v) is 4.59. The van der Waals surface area contributed by atoms with E-state index in [9.17, 15) is 4.79 Å². The van der Waals surface area contributed by atoms with E-state index in [-0.39, 0.29) is 5.56 Å². The van der Waals surface area contributed by atoms with Gasteiger partial charge in [-0.25, -0.2) is 0 Å². The predicted molar refractivity (Wildman–Crippen MR) is 117 cm³/mol. The number of benzene rings is 1. The molecule has 1 aliphatic rings. The molecule has 0 amide bonds. The van der Waals surface area contributed by atoms with E-state index in [1.54, 1.807) is 0 Å². The number of aryl methyl sites for hydroxylation is 1. The number of anilines is 2. The summed E-state index contributed by atoms with van der Waals surface area (Å²) in [5.41, 5.74) is 9.19. The molecule has 0 unspecified atom stereocenters. The van der Waals surface area contributed by atoms with E-state index in [1.165, 1.54) is 43.6 Å². The Morgan fingerprint density at radius 2 is 2.11 bits per heavy atom. The van der Waals surface area contributed by atoms with E-state index in [0.29, 0.717) is 28.9 Å². The second-order valence-corrected chi connectivity index (χ2v) is 8.24. The lowest BCUT2D eigenvalue weighted by molar-refractivity contribution is 0.367. The molecule has 6 nitrogen and oxygen atoms in total. The van der Waals surface area contributed by atoms with Crippen molar-refractivity contribution in [1.82, 2.24) is 9.36 Å². The van der Waals surface area contributed by atoms with Crippen LogP contribution in [-0.4, -0.2) is 21.7 Å². The minimum Gasteiger partial charge on any atom is -0.383 e. The molecular weight excluding hydrogens is 370 g/mol. The van der Waals surface area contributed by atoms with Gasteiger partial charge in [0.1, 0.15) is 16.4 Å². The predicted octanol–water partition coefficient (Wildman–Crippen LogP) is 4.32. The summed E-state index contributed by atoms with van der Waals surface area (Å²) < 4.78 is 2.79. The van der Waals surface area contributed by atoms with Crippen LogP contribution in [0.3, 0.4) is 0 Å². The Morgan fingerprint density at radius 3 is 2.93 bits per heavy atom. The summed E-state index contributed by atoms with van der Waals surface area (Å²) >= 11 is 1.25. The number of aromatic nitrogens is 2. The summed E-state index contributed by atoms with van der Waals surface area (Å²) in [4.78, 5) is 21.5. The van der Waals surface area contributed by atoms with Crippen molar-refractivity contribution in [3.8, 4) is 0 Å². The lowest BCUT2D eigenvalue weighted by Gasteiger charge is -2.19. The van der Waals surface area contributed by atoms with Gasteiger partial charge in [0.2, 0.25) is 0 Å². The molecule has 2 aromatic heterocycles. The zero-order valence-corrected chi connectivity index (χ0v) is 16.8. The van der Waals surface area contributed by atoms with Crippen LogP contribution in [-0.2, 0) is 0 Å². The van der Waals surface area contributed by atoms with Crippen molar-refractivity contribution in [2.75, 3.05) is 11.9 Å². The van der Waals surface area contributed by atoms with Crippen molar-refractivity contribution < 1.29 is 0 Å². The van der Waals surface area contributed by atoms with E-state index < -0.39 is 0 Å². The van der Waals surface area contributed by atoms with E-state index in [1.807, 2.05) is 37.3 Å². The molecule has 2 heterocycles. The molecule has 1 aliphatic carbocycles. The van der Waals surface area contributed by atoms with Crippen LogP contribution >= 0.6 is 11.5 Å². The first-order valence-electron chi connectivity index (χ1n) is 9.77. The quantitative estimate of drug-likeness (QED) is 0.443. The molecule has 3 aromatic rings. The van der Waals surface area contributed by atoms with Gasteiger partial charge in [0.25, 0.3) is 5.56 Å². The van der Waals surface area contributed by atoms with Crippen molar-refractivity contribution in [2.45, 2.75) is 39.0 Å². The van der Waals surface area contributed by atoms with E-state index in [0.717, 1.165) is 22.3 Å². The van der Waals surface area contributed by atoms with Gasteiger partial charge in [-0.3, -0.25) is 19.1 Å². The topological polar surface area (TPSA) is 96.2 Å². The molecule has 0 spiro atoms. The van der Waals surface area contributed by atoms with Gasteiger partial charge in [-0.2, -0.15) is 0 Å². The number of aliphatic imine (C=N–C) groups is 1. The number of fused-ring (bicyclic) bond motifs is 1. The Hall–Kier alpha value is -2.67. The molecular formula is C21H25N5OS. The van der Waals surface area contributed by atoms with E-state index in [2.05, 4.69) is 19.7 Å². The van der Waals surface area contributed by atoms with Crippen LogP contribution in [0.4, 0.5) is 10.7 Å². The van der Waals surface area contributed by atoms with Gasteiger partial charge in [0.15, 0.2) is 0 Å². The van der Waals surface area contributed by atoms with Gasteiger partial charge in [-0.1, -0.05) is 37.5 Å². The number of nitrogens with one attached hydrogen (secondary N) is 2. The summed E-state index contributed by atoms with van der Waals surface area (Å²) in [5, 5.41) is 5.07. The number of hydrogen-bond acceptors (Lipinski definition) is 5. The van der Waals surface area contributed by atoms with Crippen LogP contribution in [0.2, 0.25) is 0 Å². The first kappa shape index (κ1) is 18.7. The van der Waals surface area contributed by atoms with Crippen LogP contribution in [0.15, 0.2) is 40.1 Å². The normalized spacial score (nSPS) is 15.8. The fraction of sp³-hybridized carbons (Fsp3) is 0.381. The summed E-state index contributed by atoms with van der Waals surface area (Å²) in [6.07, 6.45) is 6.24. The third kappa shape index (κ3) is 3.94. The number of rotatable bonds is 5. The molecule has 0 radical (unpaired) electrons. The number of hydrogen-bond donors (Lipinski definition) is 3. The SMILES string of the molecule is Cc1cc(Nc2s[nH]c(=O)c2C(N)=NCC2CCCCC2)c2ccccc2n1. The van der Waals surface area contributed by atoms with Crippen molar-refractivity contribution in [3.63, 3.8) is 0 Å². The molecule has 7 heteroatoms. The maximum Gasteiger partial charge on any atom is 0.271 e. The number of para-hydroxylation sites is 1. The minimum absolute atomic E-state index is 0.201. The number of amidine groups is 1. The van der Waals surface area contributed by atoms with Gasteiger partial charge in [0.05, 0.1) is 11.2 Å². The average molecular weight is 396 g/mol. The maximum absolute atomic E-state index is 12.4. The van der Waals surface area contributed by atoms with Crippen LogP contribution in [0.25, 0.3) is 10.9 Å². The molecule has 1 saturated carbocycles. The molecule has 0 bridgehead atoms. The molecule has 146 valence electrons. The number of nitrogens with zero attached hydrogens (tertiary/aromatic N) is 2. The Labute approximate surface area is 168 Å². The van der Waals surface area contributed by atoms with Crippen molar-refractivity contribution in [2.24, 2.45) is 16.6 Å². The first-order chi connectivity index (χ1) is 13.6. The van der Waals surface area contributed by atoms with E-state index in [4.69, 9.17) is 5.73 Å². The van der Waals surface area contributed by atoms with Crippen LogP contribution in [0, 0.1) is 12.8 Å². The molecule has 28 heavy (non-hydrogen) atoms. The second kappa shape index (κ2) is 8.14. The minimum atomic E-state index is -0.201. The Balaban J connectivity index is 1.63. The zero-order chi connectivity index (χ0) is 19.5. The number of aromatic amines is 1. The van der Waals surface area contributed by atoms with Gasteiger partial charge in [0, 0.05) is 17.6 Å². The second-order valence-electron chi connectivity index (χ2n) is 7.42. The third-order valence-electron chi connectivity index (χ3n) is 5.29. The summed E-state index contributed by atoms with van der Waals surface area (Å²) in [7, 11) is 0. The molecule has 1 fully saturated rings. The first-order valence-corrected chi connectivity index (χ1v) is 10.6. The summed E-state index contributed by atoms with van der Waals surface area (Å²) in [5.74, 6) is 0.888. The summed E-state index contributed by atoms with van der Waals surface area (Å²) in [6.45, 7) is 2.65. The smallest absolute Gasteiger partial charge is 0.271 e. The molecule has 4 N–H and O–H groups in total.